The van der Waals surface area contributed by atoms with Crippen LogP contribution in [0.4, 0.5) is 0 Å². The van der Waals surface area contributed by atoms with Crippen molar-refractivity contribution < 1.29 is 0 Å². The van der Waals surface area contributed by atoms with Crippen LogP contribution in [-0.4, -0.2) is 0 Å². The van der Waals surface area contributed by atoms with Crippen molar-refractivity contribution in [1.29, 1.82) is 0 Å². The van der Waals surface area contributed by atoms with Crippen molar-refractivity contribution >= 4 is 31.9 Å². The van der Waals surface area contributed by atoms with Crippen LogP contribution in [0.15, 0.2) is 57.5 Å². The molecule has 0 amide bonds. The highest BCUT2D eigenvalue weighted by Crippen LogP contribution is 2.23. The summed E-state index contributed by atoms with van der Waals surface area (Å²) >= 11 is 6.97. The fourth-order valence-electron chi connectivity index (χ4n) is 1.73. The highest BCUT2D eigenvalue weighted by Gasteiger charge is 2.08. The lowest BCUT2D eigenvalue weighted by molar-refractivity contribution is 0.720. The van der Waals surface area contributed by atoms with Crippen LogP contribution in [0.3, 0.4) is 0 Å². The highest BCUT2D eigenvalue weighted by molar-refractivity contribution is 9.10. The molecule has 2 aromatic carbocycles. The van der Waals surface area contributed by atoms with E-state index in [1.165, 1.54) is 5.56 Å². The molecule has 0 aromatic heterocycles. The van der Waals surface area contributed by atoms with E-state index in [1.54, 1.807) is 0 Å². The minimum Gasteiger partial charge on any atom is -0.324 e. The first-order valence-electron chi connectivity index (χ1n) is 5.41. The molecule has 0 aliphatic rings. The van der Waals surface area contributed by atoms with Gasteiger partial charge in [0.05, 0.1) is 0 Å². The maximum Gasteiger partial charge on any atom is 0.0336 e. The Labute approximate surface area is 118 Å². The molecule has 0 aliphatic carbocycles. The first-order chi connectivity index (χ1) is 8.16. The van der Waals surface area contributed by atoms with Crippen molar-refractivity contribution in [3.05, 3.63) is 68.6 Å². The van der Waals surface area contributed by atoms with E-state index < -0.39 is 0 Å². The molecule has 2 N–H and O–H groups in total. The molecular weight excluding hydrogens is 342 g/mol. The van der Waals surface area contributed by atoms with Crippen molar-refractivity contribution in [1.82, 2.24) is 0 Å². The fourth-order valence-corrected chi connectivity index (χ4v) is 2.44. The van der Waals surface area contributed by atoms with Gasteiger partial charge in [-0.25, -0.2) is 0 Å². The van der Waals surface area contributed by atoms with E-state index in [-0.39, 0.29) is 6.04 Å². The SMILES string of the molecule is NC(Cc1ccccc1Br)c1ccc(Br)cc1. The summed E-state index contributed by atoms with van der Waals surface area (Å²) in [6.45, 7) is 0. The number of hydrogen-bond acceptors (Lipinski definition) is 1. The Kier molecular flexibility index (Phi) is 4.37. The second kappa shape index (κ2) is 5.80. The molecule has 0 fully saturated rings. The summed E-state index contributed by atoms with van der Waals surface area (Å²) in [5.41, 5.74) is 8.61. The smallest absolute Gasteiger partial charge is 0.0336 e. The van der Waals surface area contributed by atoms with Gasteiger partial charge in [0.2, 0.25) is 0 Å². The number of rotatable bonds is 3. The van der Waals surface area contributed by atoms with Crippen LogP contribution in [0, 0.1) is 0 Å². The van der Waals surface area contributed by atoms with Gasteiger partial charge in [0, 0.05) is 15.0 Å². The number of hydrogen-bond donors (Lipinski definition) is 1. The summed E-state index contributed by atoms with van der Waals surface area (Å²) in [6.07, 6.45) is 0.836. The molecule has 2 rings (SSSR count). The molecule has 0 saturated carbocycles. The Bertz CT molecular complexity index is 494. The zero-order chi connectivity index (χ0) is 12.3. The van der Waals surface area contributed by atoms with Gasteiger partial charge in [0.15, 0.2) is 0 Å². The lowest BCUT2D eigenvalue weighted by Crippen LogP contribution is -2.13. The lowest BCUT2D eigenvalue weighted by atomic mass is 10.00. The monoisotopic (exact) mass is 353 g/mol. The quantitative estimate of drug-likeness (QED) is 0.865. The zero-order valence-corrected chi connectivity index (χ0v) is 12.4. The second-order valence-electron chi connectivity index (χ2n) is 3.95. The van der Waals surface area contributed by atoms with Gasteiger partial charge in [0.1, 0.15) is 0 Å². The number of halogens is 2. The van der Waals surface area contributed by atoms with Crippen LogP contribution in [-0.2, 0) is 6.42 Å². The maximum absolute atomic E-state index is 6.21. The van der Waals surface area contributed by atoms with E-state index in [9.17, 15) is 0 Å². The van der Waals surface area contributed by atoms with Crippen LogP contribution in [0.2, 0.25) is 0 Å². The van der Waals surface area contributed by atoms with Crippen molar-refractivity contribution in [3.63, 3.8) is 0 Å². The normalized spacial score (nSPS) is 12.4. The van der Waals surface area contributed by atoms with E-state index in [0.29, 0.717) is 0 Å². The van der Waals surface area contributed by atoms with Crippen LogP contribution in [0.5, 0.6) is 0 Å². The molecule has 0 spiro atoms. The third-order valence-corrected chi connectivity index (χ3v) is 4.00. The molecule has 0 aliphatic heterocycles. The third-order valence-electron chi connectivity index (χ3n) is 2.70. The molecule has 1 nitrogen and oxygen atoms in total. The molecular formula is C14H13Br2N. The summed E-state index contributed by atoms with van der Waals surface area (Å²) in [4.78, 5) is 0. The summed E-state index contributed by atoms with van der Waals surface area (Å²) < 4.78 is 2.20. The summed E-state index contributed by atoms with van der Waals surface area (Å²) in [5.74, 6) is 0. The van der Waals surface area contributed by atoms with Gasteiger partial charge in [-0.1, -0.05) is 62.2 Å². The predicted molar refractivity (Wildman–Crippen MR) is 78.9 cm³/mol. The van der Waals surface area contributed by atoms with Crippen molar-refractivity contribution in [2.75, 3.05) is 0 Å². The van der Waals surface area contributed by atoms with Gasteiger partial charge in [-0.3, -0.25) is 0 Å². The number of benzene rings is 2. The van der Waals surface area contributed by atoms with Gasteiger partial charge in [-0.05, 0) is 35.7 Å². The first-order valence-corrected chi connectivity index (χ1v) is 7.00. The largest absolute Gasteiger partial charge is 0.324 e. The Morgan fingerprint density at radius 2 is 1.59 bits per heavy atom. The van der Waals surface area contributed by atoms with Crippen LogP contribution in [0.25, 0.3) is 0 Å². The fraction of sp³-hybridized carbons (Fsp3) is 0.143. The molecule has 1 unspecified atom stereocenters. The third kappa shape index (κ3) is 3.41. The molecule has 2 aromatic rings. The van der Waals surface area contributed by atoms with Crippen LogP contribution >= 0.6 is 31.9 Å². The first kappa shape index (κ1) is 12.8. The Morgan fingerprint density at radius 3 is 2.24 bits per heavy atom. The molecule has 3 heteroatoms. The standard InChI is InChI=1S/C14H13Br2N/c15-12-7-5-10(6-8-12)14(17)9-11-3-1-2-4-13(11)16/h1-8,14H,9,17H2. The molecule has 0 saturated heterocycles. The predicted octanol–water partition coefficient (Wildman–Crippen LogP) is 4.45. The Hall–Kier alpha value is -0.640. The zero-order valence-electron chi connectivity index (χ0n) is 9.24. The van der Waals surface area contributed by atoms with Crippen molar-refractivity contribution in [2.45, 2.75) is 12.5 Å². The highest BCUT2D eigenvalue weighted by atomic mass is 79.9. The minimum atomic E-state index is 0.0294. The van der Waals surface area contributed by atoms with Gasteiger partial charge in [0.25, 0.3) is 0 Å². The Morgan fingerprint density at radius 1 is 0.941 bits per heavy atom. The molecule has 0 bridgehead atoms. The van der Waals surface area contributed by atoms with Crippen molar-refractivity contribution in [2.24, 2.45) is 5.73 Å². The van der Waals surface area contributed by atoms with Gasteiger partial charge in [-0.15, -0.1) is 0 Å². The number of nitrogens with two attached hydrogens (primary N) is 1. The van der Waals surface area contributed by atoms with Gasteiger partial charge in [-0.2, -0.15) is 0 Å². The van der Waals surface area contributed by atoms with Crippen LogP contribution < -0.4 is 5.73 Å². The minimum absolute atomic E-state index is 0.0294. The van der Waals surface area contributed by atoms with Crippen LogP contribution in [0.1, 0.15) is 17.2 Å². The summed E-state index contributed by atoms with van der Waals surface area (Å²) in [7, 11) is 0. The second-order valence-corrected chi connectivity index (χ2v) is 5.72. The van der Waals surface area contributed by atoms with E-state index in [0.717, 1.165) is 20.9 Å². The molecule has 1 atom stereocenters. The molecule has 17 heavy (non-hydrogen) atoms. The van der Waals surface area contributed by atoms with E-state index in [4.69, 9.17) is 5.73 Å². The average Bonchev–Trinajstić information content (AvgIpc) is 2.33. The molecule has 0 radical (unpaired) electrons. The molecule has 0 heterocycles. The maximum atomic E-state index is 6.21. The van der Waals surface area contributed by atoms with Gasteiger partial charge >= 0.3 is 0 Å². The average molecular weight is 355 g/mol. The van der Waals surface area contributed by atoms with E-state index >= 15 is 0 Å². The van der Waals surface area contributed by atoms with E-state index in [1.807, 2.05) is 30.3 Å². The van der Waals surface area contributed by atoms with Crippen molar-refractivity contribution in [3.8, 4) is 0 Å². The molecule has 88 valence electrons. The summed E-state index contributed by atoms with van der Waals surface area (Å²) in [6, 6.07) is 16.4. The van der Waals surface area contributed by atoms with Gasteiger partial charge < -0.3 is 5.73 Å². The lowest BCUT2D eigenvalue weighted by Gasteiger charge is -2.13. The van der Waals surface area contributed by atoms with E-state index in [2.05, 4.69) is 50.1 Å². The Balaban J connectivity index is 2.14. The summed E-state index contributed by atoms with van der Waals surface area (Å²) in [5, 5.41) is 0. The topological polar surface area (TPSA) is 26.0 Å².